The predicted molar refractivity (Wildman–Crippen MR) is 133 cm³/mol. The number of ether oxygens (including phenoxy) is 1. The third-order valence-electron chi connectivity index (χ3n) is 7.10. The van der Waals surface area contributed by atoms with Crippen molar-refractivity contribution in [2.24, 2.45) is 5.73 Å². The lowest BCUT2D eigenvalue weighted by molar-refractivity contribution is -0.114. The number of benzene rings is 1. The highest BCUT2D eigenvalue weighted by atomic mass is 19.3. The molecule has 194 valence electrons. The van der Waals surface area contributed by atoms with Crippen molar-refractivity contribution in [1.82, 2.24) is 14.9 Å². The van der Waals surface area contributed by atoms with Crippen molar-refractivity contribution < 1.29 is 18.3 Å². The van der Waals surface area contributed by atoms with E-state index in [-0.39, 0.29) is 17.9 Å². The molecule has 4 N–H and O–H groups in total. The number of hydrogen-bond donors (Lipinski definition) is 3. The van der Waals surface area contributed by atoms with E-state index in [1.807, 2.05) is 29.7 Å². The maximum Gasteiger partial charge on any atom is 0.286 e. The van der Waals surface area contributed by atoms with Gasteiger partial charge >= 0.3 is 0 Å². The number of halogens is 2. The number of rotatable bonds is 6. The summed E-state index contributed by atoms with van der Waals surface area (Å²) in [5, 5.41) is 5.92. The van der Waals surface area contributed by atoms with Gasteiger partial charge in [-0.3, -0.25) is 4.90 Å². The van der Waals surface area contributed by atoms with Crippen LogP contribution in [0.2, 0.25) is 0 Å². The Hall–Kier alpha value is -3.09. The van der Waals surface area contributed by atoms with Gasteiger partial charge < -0.3 is 35.7 Å². The largest absolute Gasteiger partial charge is 0.378 e. The molecule has 5 rings (SSSR count). The van der Waals surface area contributed by atoms with Crippen molar-refractivity contribution in [3.05, 3.63) is 36.2 Å². The fourth-order valence-corrected chi connectivity index (χ4v) is 5.37. The molecule has 2 aromatic rings. The van der Waals surface area contributed by atoms with E-state index in [1.165, 1.54) is 0 Å². The number of anilines is 4. The number of nitrogens with zero attached hydrogens (tertiary/aromatic N) is 5. The quantitative estimate of drug-likeness (QED) is 0.504. The summed E-state index contributed by atoms with van der Waals surface area (Å²) in [6.07, 6.45) is -2.80. The zero-order chi connectivity index (χ0) is 25.4. The summed E-state index contributed by atoms with van der Waals surface area (Å²) in [7, 11) is 0. The molecule has 1 aromatic heterocycles. The summed E-state index contributed by atoms with van der Waals surface area (Å²) in [5.74, 6) is 1.10. The minimum absolute atomic E-state index is 0.0278. The van der Waals surface area contributed by atoms with Gasteiger partial charge in [-0.05, 0) is 26.0 Å². The van der Waals surface area contributed by atoms with Crippen LogP contribution >= 0.6 is 0 Å². The van der Waals surface area contributed by atoms with Crippen LogP contribution in [0.3, 0.4) is 0 Å². The van der Waals surface area contributed by atoms with Crippen molar-refractivity contribution in [3.8, 4) is 0 Å². The molecule has 0 amide bonds. The Labute approximate surface area is 208 Å². The number of fused-ring (bicyclic) bond motifs is 1. The van der Waals surface area contributed by atoms with Gasteiger partial charge in [0.25, 0.3) is 6.43 Å². The summed E-state index contributed by atoms with van der Waals surface area (Å²) in [6.45, 7) is 7.34. The number of piperazine rings is 1. The second-order valence-electron chi connectivity index (χ2n) is 9.59. The highest BCUT2D eigenvalue weighted by Crippen LogP contribution is 2.42. The molecule has 10 nitrogen and oxygen atoms in total. The maximum atomic E-state index is 14.8. The monoisotopic (exact) mass is 502 g/mol. The number of nitrogens with one attached hydrogen (secondary N) is 2. The molecule has 1 unspecified atom stereocenters. The van der Waals surface area contributed by atoms with Crippen LogP contribution in [0, 0.1) is 0 Å². The van der Waals surface area contributed by atoms with Crippen LogP contribution in [0.4, 0.5) is 31.8 Å². The number of alkyl halides is 2. The van der Waals surface area contributed by atoms with Crippen LogP contribution in [0.15, 0.2) is 30.3 Å². The molecule has 0 radical (unpaired) electrons. The molecular weight excluding hydrogens is 470 g/mol. The summed E-state index contributed by atoms with van der Waals surface area (Å²) in [6, 6.07) is 8.83. The second-order valence-corrected chi connectivity index (χ2v) is 9.59. The highest BCUT2D eigenvalue weighted by molar-refractivity contribution is 5.77. The van der Waals surface area contributed by atoms with E-state index in [2.05, 4.69) is 20.5 Å². The van der Waals surface area contributed by atoms with E-state index in [4.69, 9.17) is 15.5 Å². The van der Waals surface area contributed by atoms with Crippen molar-refractivity contribution in [1.29, 1.82) is 0 Å². The Morgan fingerprint density at radius 2 is 1.61 bits per heavy atom. The number of carbonyl (C=O) groups excluding carboxylic acids is 1. The number of hydrogen-bond acceptors (Lipinski definition) is 10. The smallest absolute Gasteiger partial charge is 0.286 e. The molecule has 2 fully saturated rings. The molecule has 36 heavy (non-hydrogen) atoms. The molecule has 0 spiro atoms. The number of carbonyl (C=O) groups is 1. The average Bonchev–Trinajstić information content (AvgIpc) is 3.30. The van der Waals surface area contributed by atoms with Gasteiger partial charge in [0.05, 0.1) is 24.6 Å². The summed E-state index contributed by atoms with van der Waals surface area (Å²) < 4.78 is 35.1. The van der Waals surface area contributed by atoms with Crippen molar-refractivity contribution in [2.45, 2.75) is 44.2 Å². The van der Waals surface area contributed by atoms with Crippen LogP contribution in [-0.4, -0.2) is 85.2 Å². The minimum atomic E-state index is -2.84. The molecule has 4 heterocycles. The first kappa shape index (κ1) is 24.6. The van der Waals surface area contributed by atoms with Crippen LogP contribution in [-0.2, 0) is 15.2 Å². The molecular formula is C24H32F2N8O2. The number of para-hydroxylation sites is 2. The first-order valence-corrected chi connectivity index (χ1v) is 12.2. The van der Waals surface area contributed by atoms with Gasteiger partial charge in [-0.2, -0.15) is 0 Å². The summed E-state index contributed by atoms with van der Waals surface area (Å²) >= 11 is 0. The molecule has 2 saturated heterocycles. The van der Waals surface area contributed by atoms with Gasteiger partial charge in [0.1, 0.15) is 17.8 Å². The van der Waals surface area contributed by atoms with Gasteiger partial charge in [0.2, 0.25) is 5.66 Å². The van der Waals surface area contributed by atoms with Gasteiger partial charge in [0.15, 0.2) is 12.1 Å². The van der Waals surface area contributed by atoms with E-state index in [0.717, 1.165) is 6.29 Å². The van der Waals surface area contributed by atoms with Crippen molar-refractivity contribution >= 4 is 29.3 Å². The van der Waals surface area contributed by atoms with E-state index in [9.17, 15) is 13.6 Å². The molecule has 0 saturated carbocycles. The Bertz CT molecular complexity index is 1060. The van der Waals surface area contributed by atoms with Gasteiger partial charge in [-0.15, -0.1) is 0 Å². The predicted octanol–water partition coefficient (Wildman–Crippen LogP) is 1.65. The Morgan fingerprint density at radius 3 is 2.14 bits per heavy atom. The number of morpholine rings is 1. The molecule has 3 atom stereocenters. The van der Waals surface area contributed by atoms with Gasteiger partial charge in [-0.25, -0.2) is 18.7 Å². The van der Waals surface area contributed by atoms with E-state index in [1.54, 1.807) is 24.3 Å². The van der Waals surface area contributed by atoms with Crippen LogP contribution < -0.4 is 26.2 Å². The molecule has 12 heteroatoms. The van der Waals surface area contributed by atoms with E-state index < -0.39 is 18.3 Å². The maximum absolute atomic E-state index is 14.8. The summed E-state index contributed by atoms with van der Waals surface area (Å²) in [5.41, 5.74) is 5.19. The van der Waals surface area contributed by atoms with Gasteiger partial charge in [-0.1, -0.05) is 12.1 Å². The number of aromatic nitrogens is 2. The number of nitrogens with two attached hydrogens (primary N) is 1. The van der Waals surface area contributed by atoms with E-state index in [0.29, 0.717) is 62.4 Å². The second kappa shape index (κ2) is 9.75. The SMILES string of the molecule is C[C@@H]1CN(c2cc(N3CCOCC3)nc(C3(C(F)F)Nc4ccccc4N3)n2)C[C@H](C)N1C(N)C=O. The fourth-order valence-electron chi connectivity index (χ4n) is 5.37. The first-order chi connectivity index (χ1) is 17.3. The average molecular weight is 503 g/mol. The summed E-state index contributed by atoms with van der Waals surface area (Å²) in [4.78, 5) is 26.8. The van der Waals surface area contributed by atoms with Gasteiger partial charge in [0, 0.05) is 44.3 Å². The first-order valence-electron chi connectivity index (χ1n) is 12.2. The molecule has 1 aromatic carbocycles. The molecule has 3 aliphatic heterocycles. The lowest BCUT2D eigenvalue weighted by Gasteiger charge is -2.46. The van der Waals surface area contributed by atoms with Crippen LogP contribution in [0.25, 0.3) is 0 Å². The zero-order valence-electron chi connectivity index (χ0n) is 20.4. The van der Waals surface area contributed by atoms with Crippen molar-refractivity contribution in [2.75, 3.05) is 59.8 Å². The van der Waals surface area contributed by atoms with Crippen LogP contribution in [0.5, 0.6) is 0 Å². The standard InChI is InChI=1S/C24H32F2N8O2/c1-15-12-33(13-16(2)34(15)19(27)14-35)21-11-20(32-7-9-36-10-8-32)28-23(29-21)24(22(25)26)30-17-5-3-4-6-18(17)31-24/h3-6,11,14-16,19,22,30-31H,7-10,12-13,27H2,1-2H3/t15-,16+,19?. The zero-order valence-corrected chi connectivity index (χ0v) is 20.4. The fraction of sp³-hybridized carbons (Fsp3) is 0.542. The molecule has 0 aliphatic carbocycles. The lowest BCUT2D eigenvalue weighted by atomic mass is 10.1. The number of aldehydes is 1. The Morgan fingerprint density at radius 1 is 1.06 bits per heavy atom. The van der Waals surface area contributed by atoms with E-state index >= 15 is 0 Å². The molecule has 0 bridgehead atoms. The minimum Gasteiger partial charge on any atom is -0.378 e. The normalized spacial score (nSPS) is 24.7. The van der Waals surface area contributed by atoms with Crippen LogP contribution in [0.1, 0.15) is 19.7 Å². The molecule has 3 aliphatic rings. The Balaban J connectivity index is 1.55. The third-order valence-corrected chi connectivity index (χ3v) is 7.10. The lowest BCUT2D eigenvalue weighted by Crippen LogP contribution is -2.62. The third kappa shape index (κ3) is 4.33. The topological polar surface area (TPSA) is 112 Å². The highest BCUT2D eigenvalue weighted by Gasteiger charge is 2.50. The van der Waals surface area contributed by atoms with Crippen molar-refractivity contribution in [3.63, 3.8) is 0 Å². The Kier molecular flexibility index (Phi) is 6.66.